The molecule has 0 aliphatic heterocycles. The third-order valence-electron chi connectivity index (χ3n) is 2.57. The molecular formula is C13H19NO2S. The molecule has 2 N–H and O–H groups in total. The molecule has 94 valence electrons. The highest BCUT2D eigenvalue weighted by molar-refractivity contribution is 7.98. The van der Waals surface area contributed by atoms with Crippen molar-refractivity contribution in [2.45, 2.75) is 25.1 Å². The Bertz CT molecular complexity index is 391. The van der Waals surface area contributed by atoms with Crippen LogP contribution in [0.5, 0.6) is 0 Å². The van der Waals surface area contributed by atoms with Gasteiger partial charge in [-0.15, -0.1) is 0 Å². The van der Waals surface area contributed by atoms with Gasteiger partial charge in [0.05, 0.1) is 7.11 Å². The zero-order valence-corrected chi connectivity index (χ0v) is 11.3. The van der Waals surface area contributed by atoms with E-state index >= 15 is 0 Å². The van der Waals surface area contributed by atoms with Crippen LogP contribution in [0.3, 0.4) is 0 Å². The molecule has 0 aliphatic carbocycles. The lowest BCUT2D eigenvalue weighted by molar-refractivity contribution is -0.145. The Balaban J connectivity index is 2.48. The first kappa shape index (κ1) is 14.1. The number of carbonyl (C=O) groups is 1. The van der Waals surface area contributed by atoms with Crippen LogP contribution in [-0.4, -0.2) is 24.4 Å². The van der Waals surface area contributed by atoms with Gasteiger partial charge in [0.1, 0.15) is 5.54 Å². The average molecular weight is 253 g/mol. The van der Waals surface area contributed by atoms with E-state index in [1.807, 2.05) is 12.1 Å². The maximum absolute atomic E-state index is 11.4. The van der Waals surface area contributed by atoms with Gasteiger partial charge in [0.25, 0.3) is 0 Å². The number of esters is 1. The normalized spacial score (nSPS) is 14.1. The zero-order chi connectivity index (χ0) is 12.9. The molecule has 17 heavy (non-hydrogen) atoms. The molecule has 1 aromatic carbocycles. The Morgan fingerprint density at radius 3 is 2.71 bits per heavy atom. The van der Waals surface area contributed by atoms with Gasteiger partial charge in [0, 0.05) is 11.5 Å². The first-order chi connectivity index (χ1) is 7.97. The van der Waals surface area contributed by atoms with Crippen molar-refractivity contribution in [2.24, 2.45) is 5.73 Å². The molecule has 0 aromatic heterocycles. The van der Waals surface area contributed by atoms with Crippen LogP contribution in [0.25, 0.3) is 0 Å². The van der Waals surface area contributed by atoms with E-state index in [0.29, 0.717) is 5.75 Å². The van der Waals surface area contributed by atoms with Crippen molar-refractivity contribution in [1.82, 2.24) is 0 Å². The van der Waals surface area contributed by atoms with Crippen LogP contribution in [0.1, 0.15) is 18.1 Å². The number of nitrogens with two attached hydrogens (primary N) is 1. The summed E-state index contributed by atoms with van der Waals surface area (Å²) >= 11 is 1.65. The number of ether oxygens (including phenoxy) is 1. The zero-order valence-electron chi connectivity index (χ0n) is 10.5. The standard InChI is InChI=1S/C13H19NO2S/c1-10-6-4-5-7-11(10)8-17-9-13(2,14)12(15)16-3/h4-7H,8-9,14H2,1-3H3. The summed E-state index contributed by atoms with van der Waals surface area (Å²) in [5.41, 5.74) is 7.50. The first-order valence-electron chi connectivity index (χ1n) is 5.47. The van der Waals surface area contributed by atoms with Crippen LogP contribution < -0.4 is 5.73 Å². The van der Waals surface area contributed by atoms with Crippen molar-refractivity contribution in [3.05, 3.63) is 35.4 Å². The molecular weight excluding hydrogens is 234 g/mol. The Labute approximate surface area is 107 Å². The topological polar surface area (TPSA) is 52.3 Å². The number of hydrogen-bond donors (Lipinski definition) is 1. The Kier molecular flexibility index (Phi) is 5.02. The molecule has 1 aromatic rings. The molecule has 3 nitrogen and oxygen atoms in total. The number of carbonyl (C=O) groups excluding carboxylic acids is 1. The van der Waals surface area contributed by atoms with Crippen molar-refractivity contribution in [3.63, 3.8) is 0 Å². The van der Waals surface area contributed by atoms with E-state index < -0.39 is 5.54 Å². The van der Waals surface area contributed by atoms with Crippen LogP contribution in [0.4, 0.5) is 0 Å². The molecule has 0 amide bonds. The van der Waals surface area contributed by atoms with Gasteiger partial charge < -0.3 is 10.5 Å². The fourth-order valence-electron chi connectivity index (χ4n) is 1.44. The maximum atomic E-state index is 11.4. The van der Waals surface area contributed by atoms with Crippen molar-refractivity contribution in [2.75, 3.05) is 12.9 Å². The van der Waals surface area contributed by atoms with Gasteiger partial charge in [0.2, 0.25) is 0 Å². The molecule has 4 heteroatoms. The molecule has 0 bridgehead atoms. The van der Waals surface area contributed by atoms with Crippen LogP contribution in [0, 0.1) is 6.92 Å². The third-order valence-corrected chi connectivity index (χ3v) is 3.89. The van der Waals surface area contributed by atoms with Crippen molar-refractivity contribution < 1.29 is 9.53 Å². The predicted molar refractivity (Wildman–Crippen MR) is 71.9 cm³/mol. The van der Waals surface area contributed by atoms with E-state index in [1.54, 1.807) is 18.7 Å². The van der Waals surface area contributed by atoms with E-state index in [4.69, 9.17) is 5.73 Å². The minimum Gasteiger partial charge on any atom is -0.468 e. The number of benzene rings is 1. The lowest BCUT2D eigenvalue weighted by Gasteiger charge is -2.20. The SMILES string of the molecule is COC(=O)C(C)(N)CSCc1ccccc1C. The molecule has 1 unspecified atom stereocenters. The molecule has 0 saturated carbocycles. The lowest BCUT2D eigenvalue weighted by Crippen LogP contribution is -2.48. The summed E-state index contributed by atoms with van der Waals surface area (Å²) in [5, 5.41) is 0. The van der Waals surface area contributed by atoms with E-state index in [0.717, 1.165) is 5.75 Å². The monoisotopic (exact) mass is 253 g/mol. The molecule has 0 aliphatic rings. The van der Waals surface area contributed by atoms with E-state index in [2.05, 4.69) is 23.8 Å². The van der Waals surface area contributed by atoms with Crippen LogP contribution in [0.15, 0.2) is 24.3 Å². The van der Waals surface area contributed by atoms with Crippen molar-refractivity contribution in [1.29, 1.82) is 0 Å². The Morgan fingerprint density at radius 2 is 2.12 bits per heavy atom. The van der Waals surface area contributed by atoms with Gasteiger partial charge in [0.15, 0.2) is 0 Å². The maximum Gasteiger partial charge on any atom is 0.326 e. The van der Waals surface area contributed by atoms with E-state index in [1.165, 1.54) is 18.2 Å². The highest BCUT2D eigenvalue weighted by Gasteiger charge is 2.29. The minimum absolute atomic E-state index is 0.366. The van der Waals surface area contributed by atoms with Crippen LogP contribution in [-0.2, 0) is 15.3 Å². The van der Waals surface area contributed by atoms with E-state index in [-0.39, 0.29) is 5.97 Å². The second-order valence-corrected chi connectivity index (χ2v) is 5.31. The molecule has 0 heterocycles. The number of rotatable bonds is 5. The largest absolute Gasteiger partial charge is 0.468 e. The first-order valence-corrected chi connectivity index (χ1v) is 6.62. The number of aryl methyl sites for hydroxylation is 1. The van der Waals surface area contributed by atoms with Gasteiger partial charge in [-0.25, -0.2) is 0 Å². The number of thioether (sulfide) groups is 1. The second-order valence-electron chi connectivity index (χ2n) is 4.33. The van der Waals surface area contributed by atoms with Gasteiger partial charge >= 0.3 is 5.97 Å². The van der Waals surface area contributed by atoms with Crippen LogP contribution in [0.2, 0.25) is 0 Å². The van der Waals surface area contributed by atoms with E-state index in [9.17, 15) is 4.79 Å². The van der Waals surface area contributed by atoms with Gasteiger partial charge in [-0.05, 0) is 25.0 Å². The summed E-state index contributed by atoms with van der Waals surface area (Å²) in [6.07, 6.45) is 0. The molecule has 0 saturated heterocycles. The molecule has 1 atom stereocenters. The average Bonchev–Trinajstić information content (AvgIpc) is 2.30. The Hall–Kier alpha value is -1.00. The quantitative estimate of drug-likeness (QED) is 0.817. The molecule has 0 spiro atoms. The number of methoxy groups -OCH3 is 1. The summed E-state index contributed by atoms with van der Waals surface area (Å²) in [7, 11) is 1.36. The fourth-order valence-corrected chi connectivity index (χ4v) is 2.62. The van der Waals surface area contributed by atoms with Crippen molar-refractivity contribution >= 4 is 17.7 Å². The molecule has 1 rings (SSSR count). The fraction of sp³-hybridized carbons (Fsp3) is 0.462. The highest BCUT2D eigenvalue weighted by atomic mass is 32.2. The summed E-state index contributed by atoms with van der Waals surface area (Å²) < 4.78 is 4.66. The summed E-state index contributed by atoms with van der Waals surface area (Å²) in [6, 6.07) is 8.21. The van der Waals surface area contributed by atoms with Gasteiger partial charge in [-0.3, -0.25) is 4.79 Å². The molecule has 0 radical (unpaired) electrons. The lowest BCUT2D eigenvalue weighted by atomic mass is 10.1. The molecule has 0 fully saturated rings. The number of hydrogen-bond acceptors (Lipinski definition) is 4. The summed E-state index contributed by atoms with van der Waals surface area (Å²) in [4.78, 5) is 11.4. The summed E-state index contributed by atoms with van der Waals surface area (Å²) in [6.45, 7) is 3.78. The third kappa shape index (κ3) is 4.06. The van der Waals surface area contributed by atoms with Gasteiger partial charge in [-0.1, -0.05) is 24.3 Å². The van der Waals surface area contributed by atoms with Gasteiger partial charge in [-0.2, -0.15) is 11.8 Å². The Morgan fingerprint density at radius 1 is 1.47 bits per heavy atom. The van der Waals surface area contributed by atoms with Crippen molar-refractivity contribution in [3.8, 4) is 0 Å². The smallest absolute Gasteiger partial charge is 0.326 e. The predicted octanol–water partition coefficient (Wildman–Crippen LogP) is 2.12. The second kappa shape index (κ2) is 6.07. The summed E-state index contributed by atoms with van der Waals surface area (Å²) in [5.74, 6) is 1.04. The minimum atomic E-state index is -0.915. The highest BCUT2D eigenvalue weighted by Crippen LogP contribution is 2.19. The van der Waals surface area contributed by atoms with Crippen LogP contribution >= 0.6 is 11.8 Å².